The Labute approximate surface area is 107 Å². The van der Waals surface area contributed by atoms with Crippen molar-refractivity contribution in [3.63, 3.8) is 0 Å². The normalized spacial score (nSPS) is 10.9. The van der Waals surface area contributed by atoms with Gasteiger partial charge in [0.2, 0.25) is 0 Å². The predicted octanol–water partition coefficient (Wildman–Crippen LogP) is 1.88. The van der Waals surface area contributed by atoms with Crippen LogP contribution in [0.3, 0.4) is 0 Å². The smallest absolute Gasteiger partial charge is 0.335 e. The third-order valence-electron chi connectivity index (χ3n) is 2.58. The molecule has 0 heterocycles. The molecule has 0 bridgehead atoms. The fourth-order valence-corrected chi connectivity index (χ4v) is 3.26. The van der Waals surface area contributed by atoms with Crippen LogP contribution in [0, 0.1) is 19.3 Å². The minimum atomic E-state index is -3.48. The van der Waals surface area contributed by atoms with Gasteiger partial charge in [-0.2, -0.15) is 0 Å². The van der Waals surface area contributed by atoms with Crippen LogP contribution in [-0.4, -0.2) is 25.2 Å². The SMILES string of the molecule is C#CCCCS(=O)(=O)c1cccc(C(=O)O)c1C. The van der Waals surface area contributed by atoms with E-state index in [4.69, 9.17) is 11.5 Å². The molecule has 0 aliphatic carbocycles. The van der Waals surface area contributed by atoms with Crippen molar-refractivity contribution in [2.24, 2.45) is 0 Å². The molecule has 5 heteroatoms. The molecule has 4 nitrogen and oxygen atoms in total. The zero-order chi connectivity index (χ0) is 13.8. The number of carboxylic acid groups (broad SMARTS) is 1. The summed E-state index contributed by atoms with van der Waals surface area (Å²) >= 11 is 0. The number of hydrogen-bond donors (Lipinski definition) is 1. The highest BCUT2D eigenvalue weighted by molar-refractivity contribution is 7.91. The van der Waals surface area contributed by atoms with E-state index in [-0.39, 0.29) is 21.8 Å². The molecule has 1 aromatic carbocycles. The van der Waals surface area contributed by atoms with Gasteiger partial charge >= 0.3 is 5.97 Å². The van der Waals surface area contributed by atoms with Crippen molar-refractivity contribution in [2.45, 2.75) is 24.7 Å². The van der Waals surface area contributed by atoms with Gasteiger partial charge < -0.3 is 5.11 Å². The maximum atomic E-state index is 12.0. The number of rotatable bonds is 5. The maximum absolute atomic E-state index is 12.0. The fraction of sp³-hybridized carbons (Fsp3) is 0.308. The number of terminal acetylenes is 1. The Kier molecular flexibility index (Phi) is 4.51. The molecule has 0 aliphatic rings. The third-order valence-corrected chi connectivity index (χ3v) is 4.52. The van der Waals surface area contributed by atoms with Crippen LogP contribution in [0.1, 0.15) is 28.8 Å². The summed E-state index contributed by atoms with van der Waals surface area (Å²) in [5.41, 5.74) is 0.277. The van der Waals surface area contributed by atoms with Gasteiger partial charge in [-0.3, -0.25) is 0 Å². The second-order valence-corrected chi connectivity index (χ2v) is 5.94. The van der Waals surface area contributed by atoms with E-state index in [1.807, 2.05) is 0 Å². The highest BCUT2D eigenvalue weighted by atomic mass is 32.2. The van der Waals surface area contributed by atoms with Crippen LogP contribution in [0.4, 0.5) is 0 Å². The van der Waals surface area contributed by atoms with E-state index in [1.165, 1.54) is 25.1 Å². The highest BCUT2D eigenvalue weighted by Crippen LogP contribution is 2.21. The first kappa shape index (κ1) is 14.3. The van der Waals surface area contributed by atoms with Gasteiger partial charge in [0.1, 0.15) is 0 Å². The molecule has 0 aliphatic heterocycles. The molecular formula is C13H14O4S. The molecule has 0 fully saturated rings. The highest BCUT2D eigenvalue weighted by Gasteiger charge is 2.20. The average Bonchev–Trinajstić information content (AvgIpc) is 2.28. The standard InChI is InChI=1S/C13H14O4S/c1-3-4-5-9-18(16,17)12-8-6-7-11(10(12)2)13(14)15/h1,6-8H,4-5,9H2,2H3,(H,14,15). The number of sulfone groups is 1. The van der Waals surface area contributed by atoms with Crippen molar-refractivity contribution < 1.29 is 18.3 Å². The molecule has 1 N–H and O–H groups in total. The Balaban J connectivity index is 3.14. The van der Waals surface area contributed by atoms with Gasteiger partial charge in [-0.25, -0.2) is 13.2 Å². The molecular weight excluding hydrogens is 252 g/mol. The topological polar surface area (TPSA) is 71.4 Å². The zero-order valence-electron chi connectivity index (χ0n) is 10.0. The fourth-order valence-electron chi connectivity index (χ4n) is 1.66. The monoisotopic (exact) mass is 266 g/mol. The van der Waals surface area contributed by atoms with Gasteiger partial charge in [-0.15, -0.1) is 12.3 Å². The molecule has 1 aromatic rings. The summed E-state index contributed by atoms with van der Waals surface area (Å²) in [5.74, 6) is 1.18. The molecule has 0 atom stereocenters. The van der Waals surface area contributed by atoms with E-state index >= 15 is 0 Å². The number of hydrogen-bond acceptors (Lipinski definition) is 3. The predicted molar refractivity (Wildman–Crippen MR) is 68.3 cm³/mol. The third kappa shape index (κ3) is 3.11. The van der Waals surface area contributed by atoms with Gasteiger partial charge in [-0.1, -0.05) is 6.07 Å². The van der Waals surface area contributed by atoms with Crippen LogP contribution in [0.2, 0.25) is 0 Å². The lowest BCUT2D eigenvalue weighted by molar-refractivity contribution is 0.0696. The Morgan fingerprint density at radius 1 is 1.44 bits per heavy atom. The van der Waals surface area contributed by atoms with Crippen LogP contribution in [0.5, 0.6) is 0 Å². The minimum Gasteiger partial charge on any atom is -0.478 e. The summed E-state index contributed by atoms with van der Waals surface area (Å²) in [5, 5.41) is 8.95. The van der Waals surface area contributed by atoms with Crippen LogP contribution in [0.25, 0.3) is 0 Å². The van der Waals surface area contributed by atoms with Gasteiger partial charge in [-0.05, 0) is 31.0 Å². The van der Waals surface area contributed by atoms with E-state index in [0.717, 1.165) is 0 Å². The van der Waals surface area contributed by atoms with Crippen LogP contribution in [-0.2, 0) is 9.84 Å². The molecule has 0 unspecified atom stereocenters. The number of unbranched alkanes of at least 4 members (excludes halogenated alkanes) is 1. The van der Waals surface area contributed by atoms with E-state index in [9.17, 15) is 13.2 Å². The molecule has 1 rings (SSSR count). The molecule has 0 amide bonds. The van der Waals surface area contributed by atoms with Crippen molar-refractivity contribution in [3.05, 3.63) is 29.3 Å². The Morgan fingerprint density at radius 3 is 2.67 bits per heavy atom. The molecule has 0 aromatic heterocycles. The number of carboxylic acids is 1. The quantitative estimate of drug-likeness (QED) is 0.652. The van der Waals surface area contributed by atoms with Crippen molar-refractivity contribution in [1.29, 1.82) is 0 Å². The number of carbonyl (C=O) groups is 1. The molecule has 0 saturated heterocycles. The molecule has 96 valence electrons. The molecule has 18 heavy (non-hydrogen) atoms. The molecule has 0 radical (unpaired) electrons. The Morgan fingerprint density at radius 2 is 2.11 bits per heavy atom. The van der Waals surface area contributed by atoms with E-state index in [2.05, 4.69) is 5.92 Å². The summed E-state index contributed by atoms with van der Waals surface area (Å²) in [6.45, 7) is 1.50. The summed E-state index contributed by atoms with van der Waals surface area (Å²) in [7, 11) is -3.48. The first-order valence-corrected chi connectivity index (χ1v) is 7.04. The van der Waals surface area contributed by atoms with E-state index < -0.39 is 15.8 Å². The van der Waals surface area contributed by atoms with Gasteiger partial charge in [0.05, 0.1) is 16.2 Å². The lowest BCUT2D eigenvalue weighted by Crippen LogP contribution is -2.11. The minimum absolute atomic E-state index is 0.00743. The van der Waals surface area contributed by atoms with Crippen LogP contribution < -0.4 is 0 Å². The Bertz CT molecular complexity index is 594. The second kappa shape index (κ2) is 5.69. The lowest BCUT2D eigenvalue weighted by atomic mass is 10.1. The summed E-state index contributed by atoms with van der Waals surface area (Å²) in [6.07, 6.45) is 5.82. The van der Waals surface area contributed by atoms with Gasteiger partial charge in [0.25, 0.3) is 0 Å². The number of benzene rings is 1. The van der Waals surface area contributed by atoms with Crippen LogP contribution in [0.15, 0.2) is 23.1 Å². The first-order chi connectivity index (χ1) is 8.40. The number of aromatic carboxylic acids is 1. The van der Waals surface area contributed by atoms with E-state index in [1.54, 1.807) is 0 Å². The average molecular weight is 266 g/mol. The Hall–Kier alpha value is -1.80. The lowest BCUT2D eigenvalue weighted by Gasteiger charge is -2.09. The molecule has 0 spiro atoms. The van der Waals surface area contributed by atoms with Gasteiger partial charge in [0.15, 0.2) is 9.84 Å². The van der Waals surface area contributed by atoms with Crippen LogP contribution >= 0.6 is 0 Å². The van der Waals surface area contributed by atoms with Crippen molar-refractivity contribution >= 4 is 15.8 Å². The molecule has 0 saturated carbocycles. The van der Waals surface area contributed by atoms with E-state index in [0.29, 0.717) is 12.8 Å². The maximum Gasteiger partial charge on any atom is 0.335 e. The van der Waals surface area contributed by atoms with Crippen molar-refractivity contribution in [1.82, 2.24) is 0 Å². The summed E-state index contributed by atoms with van der Waals surface area (Å²) in [6, 6.07) is 4.25. The summed E-state index contributed by atoms with van der Waals surface area (Å²) < 4.78 is 24.1. The second-order valence-electron chi connectivity index (χ2n) is 3.86. The van der Waals surface area contributed by atoms with Gasteiger partial charge in [0, 0.05) is 6.42 Å². The zero-order valence-corrected chi connectivity index (χ0v) is 10.8. The summed E-state index contributed by atoms with van der Waals surface area (Å²) in [4.78, 5) is 11.0. The first-order valence-electron chi connectivity index (χ1n) is 5.39. The van der Waals surface area contributed by atoms with Crippen molar-refractivity contribution in [2.75, 3.05) is 5.75 Å². The largest absolute Gasteiger partial charge is 0.478 e. The van der Waals surface area contributed by atoms with Crippen molar-refractivity contribution in [3.8, 4) is 12.3 Å².